The molecule has 1 heterocycles. The zero-order valence-electron chi connectivity index (χ0n) is 11.7. The van der Waals surface area contributed by atoms with E-state index in [0.717, 1.165) is 6.42 Å². The van der Waals surface area contributed by atoms with Crippen LogP contribution in [0.3, 0.4) is 0 Å². The van der Waals surface area contributed by atoms with Crippen LogP contribution in [-0.2, 0) is 9.59 Å². The number of rotatable bonds is 4. The van der Waals surface area contributed by atoms with Crippen molar-refractivity contribution in [3.05, 3.63) is 0 Å². The summed E-state index contributed by atoms with van der Waals surface area (Å²) in [5, 5.41) is 12.5. The molecule has 18 heavy (non-hydrogen) atoms. The van der Waals surface area contributed by atoms with Crippen LogP contribution in [0.1, 0.15) is 34.1 Å². The molecule has 5 nitrogen and oxygen atoms in total. The summed E-state index contributed by atoms with van der Waals surface area (Å²) < 4.78 is 0. The molecule has 0 bridgehead atoms. The van der Waals surface area contributed by atoms with E-state index in [1.807, 2.05) is 0 Å². The number of carbonyl (C=O) groups excluding carboxylic acids is 2. The second-order valence-electron chi connectivity index (χ2n) is 5.85. The first-order chi connectivity index (χ1) is 8.21. The number of carbonyl (C=O) groups is 2. The SMILES string of the molecule is CC(C)C(=O)NCC(=O)N1CCC(C(C)(C)O)C1. The summed E-state index contributed by atoms with van der Waals surface area (Å²) >= 11 is 0. The topological polar surface area (TPSA) is 69.6 Å². The van der Waals surface area contributed by atoms with Crippen LogP contribution in [0.15, 0.2) is 0 Å². The van der Waals surface area contributed by atoms with Crippen LogP contribution in [0.25, 0.3) is 0 Å². The molecule has 104 valence electrons. The molecule has 0 aromatic carbocycles. The highest BCUT2D eigenvalue weighted by molar-refractivity contribution is 5.85. The van der Waals surface area contributed by atoms with Gasteiger partial charge in [-0.25, -0.2) is 0 Å². The van der Waals surface area contributed by atoms with E-state index < -0.39 is 5.60 Å². The number of aliphatic hydroxyl groups is 1. The van der Waals surface area contributed by atoms with Crippen molar-refractivity contribution in [2.75, 3.05) is 19.6 Å². The van der Waals surface area contributed by atoms with Gasteiger partial charge in [-0.1, -0.05) is 13.8 Å². The van der Waals surface area contributed by atoms with Gasteiger partial charge in [0.25, 0.3) is 0 Å². The van der Waals surface area contributed by atoms with Gasteiger partial charge in [-0.15, -0.1) is 0 Å². The molecule has 2 N–H and O–H groups in total. The minimum absolute atomic E-state index is 0.0512. The molecular formula is C13H24N2O3. The number of nitrogens with zero attached hydrogens (tertiary/aromatic N) is 1. The zero-order chi connectivity index (χ0) is 13.9. The molecule has 0 aromatic heterocycles. The van der Waals surface area contributed by atoms with Crippen LogP contribution in [-0.4, -0.2) is 47.1 Å². The first-order valence-electron chi connectivity index (χ1n) is 6.49. The fourth-order valence-corrected chi connectivity index (χ4v) is 2.04. The third kappa shape index (κ3) is 3.98. The van der Waals surface area contributed by atoms with Gasteiger partial charge in [-0.2, -0.15) is 0 Å². The highest BCUT2D eigenvalue weighted by Crippen LogP contribution is 2.26. The predicted octanol–water partition coefficient (Wildman–Crippen LogP) is 0.378. The average Bonchev–Trinajstić information content (AvgIpc) is 2.73. The van der Waals surface area contributed by atoms with Crippen LogP contribution >= 0.6 is 0 Å². The lowest BCUT2D eigenvalue weighted by Gasteiger charge is -2.25. The Kier molecular flexibility index (Phi) is 4.73. The Morgan fingerprint density at radius 1 is 1.44 bits per heavy atom. The largest absolute Gasteiger partial charge is 0.390 e. The summed E-state index contributed by atoms with van der Waals surface area (Å²) in [5.74, 6) is -0.180. The molecule has 1 aliphatic heterocycles. The molecule has 2 amide bonds. The summed E-state index contributed by atoms with van der Waals surface area (Å²) in [5.41, 5.74) is -0.754. The highest BCUT2D eigenvalue weighted by Gasteiger charge is 2.35. The highest BCUT2D eigenvalue weighted by atomic mass is 16.3. The van der Waals surface area contributed by atoms with Crippen LogP contribution in [0, 0.1) is 11.8 Å². The molecule has 0 spiro atoms. The maximum Gasteiger partial charge on any atom is 0.241 e. The lowest BCUT2D eigenvalue weighted by Crippen LogP contribution is -2.41. The van der Waals surface area contributed by atoms with Gasteiger partial charge in [-0.05, 0) is 20.3 Å². The van der Waals surface area contributed by atoms with Crippen LogP contribution in [0.4, 0.5) is 0 Å². The van der Waals surface area contributed by atoms with E-state index in [1.54, 1.807) is 32.6 Å². The van der Waals surface area contributed by atoms with Gasteiger partial charge in [0.1, 0.15) is 0 Å². The normalized spacial score (nSPS) is 20.3. The number of likely N-dealkylation sites (tertiary alicyclic amines) is 1. The second kappa shape index (κ2) is 5.69. The van der Waals surface area contributed by atoms with E-state index in [2.05, 4.69) is 5.32 Å². The number of hydrogen-bond donors (Lipinski definition) is 2. The fraction of sp³-hybridized carbons (Fsp3) is 0.846. The zero-order valence-corrected chi connectivity index (χ0v) is 11.7. The Morgan fingerprint density at radius 3 is 2.50 bits per heavy atom. The molecule has 1 saturated heterocycles. The Morgan fingerprint density at radius 2 is 2.06 bits per heavy atom. The van der Waals surface area contributed by atoms with Crippen molar-refractivity contribution in [3.8, 4) is 0 Å². The molecular weight excluding hydrogens is 232 g/mol. The second-order valence-corrected chi connectivity index (χ2v) is 5.85. The van der Waals surface area contributed by atoms with E-state index in [-0.39, 0.29) is 30.2 Å². The maximum absolute atomic E-state index is 11.9. The molecule has 5 heteroatoms. The van der Waals surface area contributed by atoms with Crippen molar-refractivity contribution in [1.29, 1.82) is 0 Å². The van der Waals surface area contributed by atoms with Gasteiger partial charge in [0, 0.05) is 24.9 Å². The minimum Gasteiger partial charge on any atom is -0.390 e. The average molecular weight is 256 g/mol. The van der Waals surface area contributed by atoms with Crippen LogP contribution < -0.4 is 5.32 Å². The Balaban J connectivity index is 2.39. The van der Waals surface area contributed by atoms with E-state index in [0.29, 0.717) is 13.1 Å². The van der Waals surface area contributed by atoms with Crippen molar-refractivity contribution in [3.63, 3.8) is 0 Å². The van der Waals surface area contributed by atoms with E-state index >= 15 is 0 Å². The molecule has 1 aliphatic rings. The van der Waals surface area contributed by atoms with E-state index in [1.165, 1.54) is 0 Å². The lowest BCUT2D eigenvalue weighted by atomic mass is 9.90. The molecule has 1 rings (SSSR count). The number of hydrogen-bond acceptors (Lipinski definition) is 3. The molecule has 0 aliphatic carbocycles. The summed E-state index contributed by atoms with van der Waals surface area (Å²) in [4.78, 5) is 24.9. The third-order valence-corrected chi connectivity index (χ3v) is 3.48. The van der Waals surface area contributed by atoms with Gasteiger partial charge in [0.05, 0.1) is 12.1 Å². The smallest absolute Gasteiger partial charge is 0.241 e. The van der Waals surface area contributed by atoms with Gasteiger partial charge in [0.15, 0.2) is 0 Å². The standard InChI is InChI=1S/C13H24N2O3/c1-9(2)12(17)14-7-11(16)15-6-5-10(8-15)13(3,4)18/h9-10,18H,5-8H2,1-4H3,(H,14,17). The molecule has 0 saturated carbocycles. The van der Waals surface area contributed by atoms with Gasteiger partial charge >= 0.3 is 0 Å². The van der Waals surface area contributed by atoms with Crippen molar-refractivity contribution >= 4 is 11.8 Å². The molecule has 1 fully saturated rings. The van der Waals surface area contributed by atoms with Crippen molar-refractivity contribution < 1.29 is 14.7 Å². The van der Waals surface area contributed by atoms with E-state index in [4.69, 9.17) is 0 Å². The molecule has 0 radical (unpaired) electrons. The number of amides is 2. The van der Waals surface area contributed by atoms with Gasteiger partial charge < -0.3 is 15.3 Å². The third-order valence-electron chi connectivity index (χ3n) is 3.48. The molecule has 0 aromatic rings. The Labute approximate surface area is 109 Å². The molecule has 1 unspecified atom stereocenters. The summed E-state index contributed by atoms with van der Waals surface area (Å²) in [7, 11) is 0. The van der Waals surface area contributed by atoms with Gasteiger partial charge in [-0.3, -0.25) is 9.59 Å². The summed E-state index contributed by atoms with van der Waals surface area (Å²) in [6.07, 6.45) is 0.813. The predicted molar refractivity (Wildman–Crippen MR) is 68.8 cm³/mol. The fourth-order valence-electron chi connectivity index (χ4n) is 2.04. The first kappa shape index (κ1) is 15.0. The Hall–Kier alpha value is -1.10. The summed E-state index contributed by atoms with van der Waals surface area (Å²) in [6, 6.07) is 0. The first-order valence-corrected chi connectivity index (χ1v) is 6.49. The minimum atomic E-state index is -0.754. The van der Waals surface area contributed by atoms with Gasteiger partial charge in [0.2, 0.25) is 11.8 Å². The van der Waals surface area contributed by atoms with Crippen molar-refractivity contribution in [2.45, 2.75) is 39.7 Å². The van der Waals surface area contributed by atoms with Crippen LogP contribution in [0.2, 0.25) is 0 Å². The monoisotopic (exact) mass is 256 g/mol. The lowest BCUT2D eigenvalue weighted by molar-refractivity contribution is -0.133. The van der Waals surface area contributed by atoms with Crippen LogP contribution in [0.5, 0.6) is 0 Å². The quantitative estimate of drug-likeness (QED) is 0.764. The molecule has 1 atom stereocenters. The van der Waals surface area contributed by atoms with Crippen molar-refractivity contribution in [2.24, 2.45) is 11.8 Å². The van der Waals surface area contributed by atoms with E-state index in [9.17, 15) is 14.7 Å². The Bertz CT molecular complexity index is 321. The number of nitrogens with one attached hydrogen (secondary N) is 1. The van der Waals surface area contributed by atoms with Crippen molar-refractivity contribution in [1.82, 2.24) is 10.2 Å². The maximum atomic E-state index is 11.9. The summed E-state index contributed by atoms with van der Waals surface area (Å²) in [6.45, 7) is 8.40.